The van der Waals surface area contributed by atoms with E-state index in [0.29, 0.717) is 11.4 Å². The number of ether oxygens (including phenoxy) is 1. The van der Waals surface area contributed by atoms with Crippen LogP contribution in [-0.4, -0.2) is 45.5 Å². The van der Waals surface area contributed by atoms with Crippen LogP contribution in [0.2, 0.25) is 0 Å². The van der Waals surface area contributed by atoms with Crippen molar-refractivity contribution < 1.29 is 18.1 Å². The van der Waals surface area contributed by atoms with Gasteiger partial charge in [0.25, 0.3) is 15.7 Å². The summed E-state index contributed by atoms with van der Waals surface area (Å²) in [6.45, 7) is 1.83. The van der Waals surface area contributed by atoms with Crippen molar-refractivity contribution in [2.24, 2.45) is 0 Å². The molecule has 2 aromatic rings. The Labute approximate surface area is 158 Å². The minimum Gasteiger partial charge on any atom is -0.495 e. The van der Waals surface area contributed by atoms with Crippen LogP contribution in [-0.2, 0) is 22.9 Å². The first-order valence-corrected chi connectivity index (χ1v) is 9.94. The highest BCUT2D eigenvalue weighted by atomic mass is 32.2. The van der Waals surface area contributed by atoms with E-state index in [4.69, 9.17) is 4.74 Å². The van der Waals surface area contributed by atoms with Crippen LogP contribution in [0.15, 0.2) is 41.3 Å². The molecule has 0 saturated carbocycles. The molecule has 0 amide bonds. The third kappa shape index (κ3) is 4.20. The molecule has 27 heavy (non-hydrogen) atoms. The molecule has 9 heteroatoms. The predicted octanol–water partition coefficient (Wildman–Crippen LogP) is 2.43. The Kier molecular flexibility index (Phi) is 5.33. The zero-order valence-corrected chi connectivity index (χ0v) is 16.0. The Morgan fingerprint density at radius 1 is 1.11 bits per heavy atom. The molecule has 2 aromatic carbocycles. The van der Waals surface area contributed by atoms with E-state index in [1.165, 1.54) is 31.4 Å². The number of anilines is 1. The van der Waals surface area contributed by atoms with Crippen LogP contribution in [0.25, 0.3) is 0 Å². The molecular formula is C18H21N3O5S. The van der Waals surface area contributed by atoms with Crippen molar-refractivity contribution in [3.63, 3.8) is 0 Å². The second kappa shape index (κ2) is 7.53. The van der Waals surface area contributed by atoms with Gasteiger partial charge in [-0.25, -0.2) is 8.42 Å². The Bertz CT molecular complexity index is 958. The zero-order chi connectivity index (χ0) is 19.6. The fourth-order valence-electron chi connectivity index (χ4n) is 3.07. The SMILES string of the molecule is COc1cc2c(cc1NS(=O)(=O)c1ccc([N+](=O)[O-])cc1)CCN(C)CC2. The summed E-state index contributed by atoms with van der Waals surface area (Å²) in [5.74, 6) is 0.448. The number of sulfonamides is 1. The highest BCUT2D eigenvalue weighted by Gasteiger charge is 2.20. The van der Waals surface area contributed by atoms with E-state index in [9.17, 15) is 18.5 Å². The number of methoxy groups -OCH3 is 1. The van der Waals surface area contributed by atoms with E-state index >= 15 is 0 Å². The Hall–Kier alpha value is -2.65. The normalized spacial score (nSPS) is 14.9. The van der Waals surface area contributed by atoms with Gasteiger partial charge in [0.15, 0.2) is 0 Å². The molecule has 3 rings (SSSR count). The van der Waals surface area contributed by atoms with Crippen LogP contribution < -0.4 is 9.46 Å². The van der Waals surface area contributed by atoms with Crippen LogP contribution >= 0.6 is 0 Å². The molecule has 144 valence electrons. The maximum absolute atomic E-state index is 12.7. The maximum atomic E-state index is 12.7. The van der Waals surface area contributed by atoms with Gasteiger partial charge in [0.1, 0.15) is 5.75 Å². The highest BCUT2D eigenvalue weighted by Crippen LogP contribution is 2.32. The average Bonchev–Trinajstić information content (AvgIpc) is 2.82. The highest BCUT2D eigenvalue weighted by molar-refractivity contribution is 7.92. The van der Waals surface area contributed by atoms with Crippen molar-refractivity contribution in [1.29, 1.82) is 0 Å². The smallest absolute Gasteiger partial charge is 0.269 e. The van der Waals surface area contributed by atoms with Crippen molar-refractivity contribution in [1.82, 2.24) is 4.90 Å². The number of likely N-dealkylation sites (N-methyl/N-ethyl adjacent to an activating group) is 1. The predicted molar refractivity (Wildman–Crippen MR) is 102 cm³/mol. The number of nitrogens with zero attached hydrogens (tertiary/aromatic N) is 2. The summed E-state index contributed by atoms with van der Waals surface area (Å²) >= 11 is 0. The number of rotatable bonds is 5. The number of nitrogens with one attached hydrogen (secondary N) is 1. The molecule has 0 atom stereocenters. The van der Waals surface area contributed by atoms with E-state index < -0.39 is 14.9 Å². The second-order valence-corrected chi connectivity index (χ2v) is 8.16. The topological polar surface area (TPSA) is 102 Å². The summed E-state index contributed by atoms with van der Waals surface area (Å²) < 4.78 is 33.3. The maximum Gasteiger partial charge on any atom is 0.269 e. The van der Waals surface area contributed by atoms with Gasteiger partial charge in [-0.1, -0.05) is 0 Å². The van der Waals surface area contributed by atoms with Crippen LogP contribution in [0, 0.1) is 10.1 Å². The lowest BCUT2D eigenvalue weighted by Gasteiger charge is -2.15. The monoisotopic (exact) mass is 391 g/mol. The number of hydrogen-bond donors (Lipinski definition) is 1. The molecule has 0 spiro atoms. The summed E-state index contributed by atoms with van der Waals surface area (Å²) in [6, 6.07) is 8.45. The number of nitro groups is 1. The number of fused-ring (bicyclic) bond motifs is 1. The molecule has 8 nitrogen and oxygen atoms in total. The number of benzene rings is 2. The first kappa shape index (κ1) is 19.1. The molecule has 0 unspecified atom stereocenters. The van der Waals surface area contributed by atoms with Crippen molar-refractivity contribution in [2.75, 3.05) is 32.0 Å². The van der Waals surface area contributed by atoms with E-state index in [1.54, 1.807) is 0 Å². The second-order valence-electron chi connectivity index (χ2n) is 6.48. The largest absolute Gasteiger partial charge is 0.495 e. The third-order valence-electron chi connectivity index (χ3n) is 4.65. The molecule has 0 radical (unpaired) electrons. The zero-order valence-electron chi connectivity index (χ0n) is 15.1. The minimum absolute atomic E-state index is 0.0511. The van der Waals surface area contributed by atoms with Gasteiger partial charge in [-0.15, -0.1) is 0 Å². The minimum atomic E-state index is -3.90. The lowest BCUT2D eigenvalue weighted by atomic mass is 10.0. The van der Waals surface area contributed by atoms with E-state index in [0.717, 1.165) is 37.1 Å². The van der Waals surface area contributed by atoms with E-state index in [-0.39, 0.29) is 10.6 Å². The first-order chi connectivity index (χ1) is 12.8. The fourth-order valence-corrected chi connectivity index (χ4v) is 4.13. The van der Waals surface area contributed by atoms with Gasteiger partial charge in [0.05, 0.1) is 22.6 Å². The van der Waals surface area contributed by atoms with Gasteiger partial charge in [0.2, 0.25) is 0 Å². The number of non-ortho nitro benzene ring substituents is 1. The molecule has 0 saturated heterocycles. The van der Waals surface area contributed by atoms with Crippen LogP contribution in [0.5, 0.6) is 5.75 Å². The summed E-state index contributed by atoms with van der Waals surface area (Å²) in [6.07, 6.45) is 1.69. The molecular weight excluding hydrogens is 370 g/mol. The van der Waals surface area contributed by atoms with Crippen LogP contribution in [0.1, 0.15) is 11.1 Å². The molecule has 0 bridgehead atoms. The summed E-state index contributed by atoms with van der Waals surface area (Å²) in [4.78, 5) is 12.3. The van der Waals surface area contributed by atoms with Gasteiger partial charge in [0, 0.05) is 25.2 Å². The molecule has 0 aliphatic carbocycles. The van der Waals surface area contributed by atoms with Gasteiger partial charge in [-0.3, -0.25) is 14.8 Å². The average molecular weight is 391 g/mol. The van der Waals surface area contributed by atoms with Gasteiger partial charge in [-0.05, 0) is 55.3 Å². The summed E-state index contributed by atoms with van der Waals surface area (Å²) in [5, 5.41) is 10.7. The molecule has 1 aliphatic heterocycles. The Balaban J connectivity index is 1.93. The summed E-state index contributed by atoms with van der Waals surface area (Å²) in [5.41, 5.74) is 2.43. The number of hydrogen-bond acceptors (Lipinski definition) is 6. The molecule has 0 fully saturated rings. The Morgan fingerprint density at radius 3 is 2.26 bits per heavy atom. The van der Waals surface area contributed by atoms with Crippen molar-refractivity contribution in [3.05, 3.63) is 57.6 Å². The molecule has 1 N–H and O–H groups in total. The van der Waals surface area contributed by atoms with Gasteiger partial charge < -0.3 is 9.64 Å². The molecule has 0 aromatic heterocycles. The third-order valence-corrected chi connectivity index (χ3v) is 6.03. The van der Waals surface area contributed by atoms with Gasteiger partial charge in [-0.2, -0.15) is 0 Å². The van der Waals surface area contributed by atoms with E-state index in [2.05, 4.69) is 16.7 Å². The Morgan fingerprint density at radius 2 is 1.70 bits per heavy atom. The lowest BCUT2D eigenvalue weighted by molar-refractivity contribution is -0.384. The molecule has 1 aliphatic rings. The first-order valence-electron chi connectivity index (χ1n) is 8.46. The fraction of sp³-hybridized carbons (Fsp3) is 0.333. The summed E-state index contributed by atoms with van der Waals surface area (Å²) in [7, 11) is -0.347. The quantitative estimate of drug-likeness (QED) is 0.620. The van der Waals surface area contributed by atoms with Crippen molar-refractivity contribution in [2.45, 2.75) is 17.7 Å². The van der Waals surface area contributed by atoms with Crippen LogP contribution in [0.3, 0.4) is 0 Å². The van der Waals surface area contributed by atoms with Crippen LogP contribution in [0.4, 0.5) is 11.4 Å². The molecule has 1 heterocycles. The van der Waals surface area contributed by atoms with Gasteiger partial charge >= 0.3 is 0 Å². The van der Waals surface area contributed by atoms with Crippen molar-refractivity contribution >= 4 is 21.4 Å². The number of nitro benzene ring substituents is 1. The standard InChI is InChI=1S/C18H21N3O5S/c1-20-9-7-13-11-17(18(26-2)12-14(13)8-10-20)19-27(24,25)16-5-3-15(4-6-16)21(22)23/h3-6,11-12,19H,7-10H2,1-2H3. The lowest BCUT2D eigenvalue weighted by Crippen LogP contribution is -2.20. The van der Waals surface area contributed by atoms with E-state index in [1.807, 2.05) is 12.1 Å². The van der Waals surface area contributed by atoms with Crippen molar-refractivity contribution in [3.8, 4) is 5.75 Å².